The molecule has 0 unspecified atom stereocenters. The van der Waals surface area contributed by atoms with Crippen LogP contribution in [-0.4, -0.2) is 30.1 Å². The van der Waals surface area contributed by atoms with E-state index in [1.807, 2.05) is 18.2 Å². The van der Waals surface area contributed by atoms with Gasteiger partial charge in [0.1, 0.15) is 22.4 Å². The van der Waals surface area contributed by atoms with Crippen molar-refractivity contribution in [3.63, 3.8) is 0 Å². The largest absolute Gasteiger partial charge is 0.333 e. The highest BCUT2D eigenvalue weighted by Gasteiger charge is 2.43. The van der Waals surface area contributed by atoms with Gasteiger partial charge in [0.2, 0.25) is 5.82 Å². The molecule has 5 rings (SSSR count). The number of rotatable bonds is 1. The number of hydrogen-bond acceptors (Lipinski definition) is 5. The van der Waals surface area contributed by atoms with Gasteiger partial charge < -0.3 is 5.32 Å². The van der Waals surface area contributed by atoms with E-state index in [1.54, 1.807) is 28.4 Å². The molecule has 6 nitrogen and oxygen atoms in total. The fraction of sp³-hybridized carbons (Fsp3) is 0.368. The Balaban J connectivity index is 1.81. The molecule has 0 amide bonds. The molecule has 0 spiro atoms. The maximum atomic E-state index is 4.83. The predicted octanol–water partition coefficient (Wildman–Crippen LogP) is 2.53. The first-order chi connectivity index (χ1) is 12.3. The first-order valence-corrected chi connectivity index (χ1v) is 9.61. The number of fused-ring (bicyclic) bond motifs is 5. The molecule has 0 fully saturated rings. The van der Waals surface area contributed by atoms with Crippen molar-refractivity contribution >= 4 is 27.2 Å². The lowest BCUT2D eigenvalue weighted by atomic mass is 9.82. The molecular formula is C19H21N6S+. The second-order valence-electron chi connectivity index (χ2n) is 8.28. The Labute approximate surface area is 155 Å². The quantitative estimate of drug-likeness (QED) is 0.563. The van der Waals surface area contributed by atoms with Crippen molar-refractivity contribution in [3.8, 4) is 11.5 Å². The van der Waals surface area contributed by atoms with Crippen LogP contribution in [0.3, 0.4) is 0 Å². The highest BCUT2D eigenvalue weighted by atomic mass is 32.1. The number of hydrogen-bond donors (Lipinski definition) is 1. The second-order valence-corrected chi connectivity index (χ2v) is 9.28. The summed E-state index contributed by atoms with van der Waals surface area (Å²) >= 11 is 1.79. The molecular weight excluding hydrogens is 344 g/mol. The number of thiophene rings is 1. The molecule has 0 bridgehead atoms. The van der Waals surface area contributed by atoms with Crippen molar-refractivity contribution in [3.05, 3.63) is 41.2 Å². The standard InChI is InChI=1S/C19H20N6S/c1-18(2)9-11-13-16-22-15(12-7-5-6-8-20-12)23-25(16)10-21-17(13)26-14(11)19(3,4)24-18/h5-8,10,24H,9H2,1-4H3/p+1. The monoisotopic (exact) mass is 365 g/mol. The van der Waals surface area contributed by atoms with Crippen LogP contribution in [0.15, 0.2) is 30.7 Å². The Morgan fingerprint density at radius 1 is 1.15 bits per heavy atom. The minimum absolute atomic E-state index is 0.0310. The lowest BCUT2D eigenvalue weighted by molar-refractivity contribution is -0.789. The Kier molecular flexibility index (Phi) is 3.10. The average Bonchev–Trinajstić information content (AvgIpc) is 3.15. The minimum Gasteiger partial charge on any atom is -0.333 e. The Morgan fingerprint density at radius 3 is 2.77 bits per heavy atom. The molecule has 132 valence electrons. The van der Waals surface area contributed by atoms with Gasteiger partial charge in [-0.2, -0.15) is 0 Å². The molecule has 0 saturated heterocycles. The highest BCUT2D eigenvalue weighted by molar-refractivity contribution is 7.19. The Hall–Kier alpha value is -2.38. The molecule has 26 heavy (non-hydrogen) atoms. The molecule has 1 aliphatic heterocycles. The van der Waals surface area contributed by atoms with Crippen LogP contribution in [0, 0.1) is 0 Å². The summed E-state index contributed by atoms with van der Waals surface area (Å²) in [6.45, 7) is 9.20. The highest BCUT2D eigenvalue weighted by Crippen LogP contribution is 2.41. The first kappa shape index (κ1) is 15.8. The van der Waals surface area contributed by atoms with E-state index in [0.29, 0.717) is 5.82 Å². The zero-order chi connectivity index (χ0) is 18.1. The predicted molar refractivity (Wildman–Crippen MR) is 102 cm³/mol. The molecule has 2 N–H and O–H groups in total. The van der Waals surface area contributed by atoms with E-state index < -0.39 is 0 Å². The van der Waals surface area contributed by atoms with E-state index in [9.17, 15) is 0 Å². The number of nitrogens with two attached hydrogens (primary N) is 1. The molecule has 0 saturated carbocycles. The van der Waals surface area contributed by atoms with Crippen molar-refractivity contribution in [2.45, 2.75) is 45.2 Å². The van der Waals surface area contributed by atoms with E-state index in [4.69, 9.17) is 4.98 Å². The van der Waals surface area contributed by atoms with Crippen LogP contribution in [0.2, 0.25) is 0 Å². The van der Waals surface area contributed by atoms with Crippen molar-refractivity contribution in [2.75, 3.05) is 0 Å². The molecule has 0 radical (unpaired) electrons. The molecule has 5 heterocycles. The Morgan fingerprint density at radius 2 is 2.00 bits per heavy atom. The summed E-state index contributed by atoms with van der Waals surface area (Å²) in [6, 6.07) is 5.79. The average molecular weight is 365 g/mol. The van der Waals surface area contributed by atoms with Gasteiger partial charge in [-0.05, 0) is 45.4 Å². The fourth-order valence-electron chi connectivity index (χ4n) is 4.30. The van der Waals surface area contributed by atoms with Crippen LogP contribution in [0.5, 0.6) is 0 Å². The summed E-state index contributed by atoms with van der Waals surface area (Å²) in [4.78, 5) is 16.3. The third kappa shape index (κ3) is 2.27. The molecule has 0 atom stereocenters. The normalized spacial score (nSPS) is 18.3. The van der Waals surface area contributed by atoms with Crippen molar-refractivity contribution in [2.24, 2.45) is 0 Å². The number of quaternary nitrogens is 1. The van der Waals surface area contributed by atoms with Gasteiger partial charge in [0.25, 0.3) is 0 Å². The summed E-state index contributed by atoms with van der Waals surface area (Å²) in [7, 11) is 0. The number of nitrogens with zero attached hydrogens (tertiary/aromatic N) is 5. The van der Waals surface area contributed by atoms with E-state index in [-0.39, 0.29) is 11.1 Å². The van der Waals surface area contributed by atoms with Crippen molar-refractivity contribution in [1.29, 1.82) is 0 Å². The van der Waals surface area contributed by atoms with Crippen molar-refractivity contribution < 1.29 is 5.32 Å². The molecule has 0 aromatic carbocycles. The molecule has 0 aliphatic carbocycles. The van der Waals surface area contributed by atoms with Gasteiger partial charge >= 0.3 is 0 Å². The lowest BCUT2D eigenvalue weighted by Gasteiger charge is -2.38. The molecule has 7 heteroatoms. The van der Waals surface area contributed by atoms with Crippen LogP contribution in [0.1, 0.15) is 38.1 Å². The van der Waals surface area contributed by atoms with Gasteiger partial charge in [0.15, 0.2) is 5.65 Å². The zero-order valence-corrected chi connectivity index (χ0v) is 16.1. The van der Waals surface area contributed by atoms with Crippen LogP contribution in [-0.2, 0) is 12.0 Å². The molecule has 1 aliphatic rings. The van der Waals surface area contributed by atoms with Crippen molar-refractivity contribution in [1.82, 2.24) is 24.6 Å². The summed E-state index contributed by atoms with van der Waals surface area (Å²) in [6.07, 6.45) is 4.53. The lowest BCUT2D eigenvalue weighted by Crippen LogP contribution is -3.03. The summed E-state index contributed by atoms with van der Waals surface area (Å²) in [5.74, 6) is 0.640. The topological polar surface area (TPSA) is 72.6 Å². The van der Waals surface area contributed by atoms with Crippen LogP contribution in [0.25, 0.3) is 27.4 Å². The van der Waals surface area contributed by atoms with Gasteiger partial charge in [0, 0.05) is 12.6 Å². The van der Waals surface area contributed by atoms with Gasteiger partial charge in [-0.15, -0.1) is 16.4 Å². The van der Waals surface area contributed by atoms with Crippen LogP contribution >= 0.6 is 11.3 Å². The second kappa shape index (κ2) is 5.08. The van der Waals surface area contributed by atoms with Crippen LogP contribution in [0.4, 0.5) is 0 Å². The number of pyridine rings is 1. The Bertz CT molecular complexity index is 1140. The maximum absolute atomic E-state index is 4.83. The SMILES string of the molecule is CC1(C)Cc2c(sc3ncn4nc(-c5ccccn5)nc4c23)C(C)(C)[NH2+]1. The van der Waals surface area contributed by atoms with E-state index in [0.717, 1.165) is 28.0 Å². The van der Waals surface area contributed by atoms with E-state index in [2.05, 4.69) is 48.1 Å². The number of aromatic nitrogens is 5. The third-order valence-corrected chi connectivity index (χ3v) is 6.47. The van der Waals surface area contributed by atoms with Gasteiger partial charge in [-0.3, -0.25) is 4.98 Å². The maximum Gasteiger partial charge on any atom is 0.200 e. The first-order valence-electron chi connectivity index (χ1n) is 8.80. The van der Waals surface area contributed by atoms with Gasteiger partial charge in [-0.25, -0.2) is 14.5 Å². The third-order valence-electron chi connectivity index (χ3n) is 4.99. The fourth-order valence-corrected chi connectivity index (χ4v) is 5.53. The van der Waals surface area contributed by atoms with Gasteiger partial charge in [0.05, 0.1) is 15.8 Å². The summed E-state index contributed by atoms with van der Waals surface area (Å²) in [5.41, 5.74) is 3.20. The van der Waals surface area contributed by atoms with E-state index in [1.165, 1.54) is 10.4 Å². The molecule has 4 aromatic heterocycles. The summed E-state index contributed by atoms with van der Waals surface area (Å²) in [5, 5.41) is 8.23. The van der Waals surface area contributed by atoms with E-state index >= 15 is 0 Å². The van der Waals surface area contributed by atoms with Crippen LogP contribution < -0.4 is 5.32 Å². The zero-order valence-electron chi connectivity index (χ0n) is 15.3. The minimum atomic E-state index is 0.0310. The summed E-state index contributed by atoms with van der Waals surface area (Å²) < 4.78 is 1.79. The molecule has 4 aromatic rings. The van der Waals surface area contributed by atoms with Gasteiger partial charge in [-0.1, -0.05) is 6.07 Å². The smallest absolute Gasteiger partial charge is 0.200 e.